The van der Waals surface area contributed by atoms with E-state index in [1.165, 1.54) is 19.2 Å². The Hall–Kier alpha value is -3.75. The van der Waals surface area contributed by atoms with Gasteiger partial charge in [-0.3, -0.25) is 9.59 Å². The summed E-state index contributed by atoms with van der Waals surface area (Å²) in [5.74, 6) is -0.387. The van der Waals surface area contributed by atoms with Gasteiger partial charge in [0.05, 0.1) is 12.1 Å². The molecule has 4 rings (SSSR count). The van der Waals surface area contributed by atoms with Gasteiger partial charge < -0.3 is 15.5 Å². The van der Waals surface area contributed by atoms with Crippen molar-refractivity contribution in [1.82, 2.24) is 25.5 Å². The third-order valence-corrected chi connectivity index (χ3v) is 5.73. The number of rotatable bonds is 9. The molecule has 1 aliphatic heterocycles. The van der Waals surface area contributed by atoms with E-state index in [9.17, 15) is 9.59 Å². The molecule has 0 aliphatic carbocycles. The van der Waals surface area contributed by atoms with E-state index in [-0.39, 0.29) is 18.2 Å². The number of carbonyl (C=O) groups is 2. The van der Waals surface area contributed by atoms with Gasteiger partial charge in [0, 0.05) is 24.5 Å². The molecule has 2 heterocycles. The smallest absolute Gasteiger partial charge is 0.246 e. The molecular formula is C24H29N7O2. The van der Waals surface area contributed by atoms with Crippen LogP contribution in [-0.4, -0.2) is 51.2 Å². The van der Waals surface area contributed by atoms with Crippen LogP contribution in [0.4, 0.5) is 11.4 Å². The molecule has 0 bridgehead atoms. The lowest BCUT2D eigenvalue weighted by atomic mass is 10.1. The number of nitrogens with zero attached hydrogens (tertiary/aromatic N) is 5. The number of amides is 2. The van der Waals surface area contributed by atoms with E-state index in [1.54, 1.807) is 4.68 Å². The average molecular weight is 448 g/mol. The first-order valence-electron chi connectivity index (χ1n) is 11.4. The lowest BCUT2D eigenvalue weighted by molar-refractivity contribution is -0.126. The van der Waals surface area contributed by atoms with Gasteiger partial charge in [0.1, 0.15) is 12.4 Å². The summed E-state index contributed by atoms with van der Waals surface area (Å²) in [6.45, 7) is 4.09. The van der Waals surface area contributed by atoms with E-state index >= 15 is 0 Å². The lowest BCUT2D eigenvalue weighted by Gasteiger charge is -2.20. The summed E-state index contributed by atoms with van der Waals surface area (Å²) < 4.78 is 1.55. The van der Waals surface area contributed by atoms with Crippen molar-refractivity contribution in [1.29, 1.82) is 0 Å². The molecule has 172 valence electrons. The topological polar surface area (TPSA) is 105 Å². The molecule has 1 saturated heterocycles. The first-order valence-corrected chi connectivity index (χ1v) is 11.4. The summed E-state index contributed by atoms with van der Waals surface area (Å²) in [4.78, 5) is 27.9. The second-order valence-electron chi connectivity index (χ2n) is 8.24. The van der Waals surface area contributed by atoms with E-state index in [0.717, 1.165) is 42.1 Å². The third-order valence-electron chi connectivity index (χ3n) is 5.73. The zero-order valence-electron chi connectivity index (χ0n) is 18.8. The highest BCUT2D eigenvalue weighted by molar-refractivity contribution is 5.97. The van der Waals surface area contributed by atoms with Crippen LogP contribution in [0.5, 0.6) is 0 Å². The maximum absolute atomic E-state index is 12.9. The Bertz CT molecular complexity index is 1060. The predicted molar refractivity (Wildman–Crippen MR) is 126 cm³/mol. The molecule has 9 heteroatoms. The summed E-state index contributed by atoms with van der Waals surface area (Å²) in [5, 5.41) is 17.0. The second-order valence-corrected chi connectivity index (χ2v) is 8.24. The van der Waals surface area contributed by atoms with Crippen molar-refractivity contribution in [3.8, 4) is 5.69 Å². The molecule has 1 atom stereocenters. The zero-order chi connectivity index (χ0) is 23.0. The summed E-state index contributed by atoms with van der Waals surface area (Å²) in [7, 11) is 0. The molecule has 2 N–H and O–H groups in total. The summed E-state index contributed by atoms with van der Waals surface area (Å²) in [6, 6.07) is 14.7. The van der Waals surface area contributed by atoms with Crippen LogP contribution in [0, 0.1) is 0 Å². The van der Waals surface area contributed by atoms with Gasteiger partial charge in [-0.2, -0.15) is 0 Å². The van der Waals surface area contributed by atoms with Crippen molar-refractivity contribution in [3.05, 3.63) is 60.4 Å². The van der Waals surface area contributed by atoms with Gasteiger partial charge >= 0.3 is 0 Å². The quantitative estimate of drug-likeness (QED) is 0.523. The Labute approximate surface area is 193 Å². The third kappa shape index (κ3) is 5.94. The van der Waals surface area contributed by atoms with Gasteiger partial charge in [0.25, 0.3) is 0 Å². The van der Waals surface area contributed by atoms with E-state index in [0.29, 0.717) is 6.42 Å². The zero-order valence-corrected chi connectivity index (χ0v) is 18.8. The SMILES string of the molecule is CCCC(NC(=O)Cc1ccc(-n2cnnn2)cc1)C(=O)Nc1cccc(N2CCCC2)c1. The van der Waals surface area contributed by atoms with E-state index in [2.05, 4.69) is 37.1 Å². The van der Waals surface area contributed by atoms with E-state index < -0.39 is 6.04 Å². The molecule has 2 aromatic carbocycles. The van der Waals surface area contributed by atoms with Crippen LogP contribution >= 0.6 is 0 Å². The van der Waals surface area contributed by atoms with Crippen molar-refractivity contribution in [2.75, 3.05) is 23.3 Å². The molecule has 1 fully saturated rings. The highest BCUT2D eigenvalue weighted by atomic mass is 16.2. The fourth-order valence-electron chi connectivity index (χ4n) is 4.02. The van der Waals surface area contributed by atoms with Gasteiger partial charge in [-0.05, 0) is 65.6 Å². The van der Waals surface area contributed by atoms with Crippen LogP contribution in [0.15, 0.2) is 54.9 Å². The fourth-order valence-corrected chi connectivity index (χ4v) is 4.02. The minimum atomic E-state index is -0.585. The Morgan fingerprint density at radius 3 is 2.55 bits per heavy atom. The largest absolute Gasteiger partial charge is 0.371 e. The second kappa shape index (κ2) is 10.7. The Kier molecular flexibility index (Phi) is 7.29. The predicted octanol–water partition coefficient (Wildman–Crippen LogP) is 2.73. The molecule has 1 aromatic heterocycles. The number of tetrazole rings is 1. The molecule has 9 nitrogen and oxygen atoms in total. The van der Waals surface area contributed by atoms with Crippen molar-refractivity contribution in [3.63, 3.8) is 0 Å². The number of aromatic nitrogens is 4. The van der Waals surface area contributed by atoms with Crippen molar-refractivity contribution >= 4 is 23.2 Å². The van der Waals surface area contributed by atoms with Crippen LogP contribution in [-0.2, 0) is 16.0 Å². The van der Waals surface area contributed by atoms with Gasteiger partial charge in [-0.15, -0.1) is 5.10 Å². The Balaban J connectivity index is 1.35. The van der Waals surface area contributed by atoms with Gasteiger partial charge in [-0.1, -0.05) is 31.5 Å². The average Bonchev–Trinajstić information content (AvgIpc) is 3.54. The molecule has 0 saturated carbocycles. The molecule has 1 unspecified atom stereocenters. The van der Waals surface area contributed by atoms with Crippen LogP contribution in [0.25, 0.3) is 5.69 Å². The maximum atomic E-state index is 12.9. The molecule has 3 aromatic rings. The summed E-state index contributed by atoms with van der Waals surface area (Å²) >= 11 is 0. The minimum Gasteiger partial charge on any atom is -0.371 e. The van der Waals surface area contributed by atoms with Crippen LogP contribution < -0.4 is 15.5 Å². The standard InChI is InChI=1S/C24H29N7O2/c1-2-6-22(24(33)26-19-7-5-8-21(16-19)30-13-3-4-14-30)27-23(32)15-18-9-11-20(12-10-18)31-17-25-28-29-31/h5,7-12,16-17,22H,2-4,6,13-15H2,1H3,(H,26,33)(H,27,32). The summed E-state index contributed by atoms with van der Waals surface area (Å²) in [6.07, 6.45) is 5.45. The van der Waals surface area contributed by atoms with Crippen molar-refractivity contribution in [2.45, 2.75) is 45.1 Å². The lowest BCUT2D eigenvalue weighted by Crippen LogP contribution is -2.44. The molecule has 0 spiro atoms. The van der Waals surface area contributed by atoms with Gasteiger partial charge in [0.15, 0.2) is 0 Å². The first kappa shape index (κ1) is 22.4. The summed E-state index contributed by atoms with van der Waals surface area (Å²) in [5.41, 5.74) is 3.52. The molecular weight excluding hydrogens is 418 g/mol. The number of benzene rings is 2. The van der Waals surface area contributed by atoms with Crippen LogP contribution in [0.3, 0.4) is 0 Å². The molecule has 0 radical (unpaired) electrons. The Morgan fingerprint density at radius 1 is 1.06 bits per heavy atom. The first-order chi connectivity index (χ1) is 16.1. The molecule has 33 heavy (non-hydrogen) atoms. The van der Waals surface area contributed by atoms with Crippen LogP contribution in [0.1, 0.15) is 38.2 Å². The van der Waals surface area contributed by atoms with Crippen molar-refractivity contribution in [2.24, 2.45) is 0 Å². The number of carbonyl (C=O) groups excluding carboxylic acids is 2. The molecule has 1 aliphatic rings. The van der Waals surface area contributed by atoms with E-state index in [4.69, 9.17) is 0 Å². The minimum absolute atomic E-state index is 0.188. The number of nitrogens with one attached hydrogen (secondary N) is 2. The fraction of sp³-hybridized carbons (Fsp3) is 0.375. The molecule has 2 amide bonds. The van der Waals surface area contributed by atoms with Crippen molar-refractivity contribution < 1.29 is 9.59 Å². The van der Waals surface area contributed by atoms with Gasteiger partial charge in [0.2, 0.25) is 11.8 Å². The highest BCUT2D eigenvalue weighted by Crippen LogP contribution is 2.23. The van der Waals surface area contributed by atoms with E-state index in [1.807, 2.05) is 49.4 Å². The maximum Gasteiger partial charge on any atom is 0.246 e. The number of hydrogen-bond donors (Lipinski definition) is 2. The number of hydrogen-bond acceptors (Lipinski definition) is 6. The Morgan fingerprint density at radius 2 is 1.85 bits per heavy atom. The normalized spacial score (nSPS) is 14.2. The highest BCUT2D eigenvalue weighted by Gasteiger charge is 2.21. The number of anilines is 2. The monoisotopic (exact) mass is 447 g/mol. The van der Waals surface area contributed by atoms with Gasteiger partial charge in [-0.25, -0.2) is 4.68 Å². The van der Waals surface area contributed by atoms with Crippen LogP contribution in [0.2, 0.25) is 0 Å².